The Hall–Kier alpha value is -2.41. The van der Waals surface area contributed by atoms with Gasteiger partial charge in [0.05, 0.1) is 0 Å². The van der Waals surface area contributed by atoms with Crippen molar-refractivity contribution < 1.29 is 4.57 Å². The van der Waals surface area contributed by atoms with Crippen molar-refractivity contribution in [2.45, 2.75) is 13.5 Å². The Morgan fingerprint density at radius 1 is 0.950 bits per heavy atom. The molecule has 1 nitrogen and oxygen atoms in total. The minimum atomic E-state index is 0.884. The summed E-state index contributed by atoms with van der Waals surface area (Å²) in [4.78, 5) is 0. The summed E-state index contributed by atoms with van der Waals surface area (Å²) in [6, 6.07) is 21.3. The molecule has 0 aliphatic carbocycles. The van der Waals surface area contributed by atoms with Crippen LogP contribution in [-0.4, -0.2) is 0 Å². The van der Waals surface area contributed by atoms with Gasteiger partial charge in [0.1, 0.15) is 0 Å². The molecule has 98 valence electrons. The van der Waals surface area contributed by atoms with E-state index in [2.05, 4.69) is 84.4 Å². The molecule has 0 amide bonds. The molecule has 0 aliphatic heterocycles. The average Bonchev–Trinajstić information content (AvgIpc) is 2.48. The van der Waals surface area contributed by atoms with E-state index in [4.69, 9.17) is 0 Å². The van der Waals surface area contributed by atoms with Crippen LogP contribution in [0.2, 0.25) is 0 Å². The Morgan fingerprint density at radius 3 is 2.65 bits per heavy atom. The number of hydrogen-bond donors (Lipinski definition) is 0. The quantitative estimate of drug-likeness (QED) is 0.623. The van der Waals surface area contributed by atoms with Crippen LogP contribution in [0.5, 0.6) is 0 Å². The Kier molecular flexibility index (Phi) is 3.60. The van der Waals surface area contributed by atoms with Gasteiger partial charge in [-0.15, -0.1) is 0 Å². The lowest BCUT2D eigenvalue weighted by Gasteiger charge is -2.00. The maximum atomic E-state index is 2.27. The number of aryl methyl sites for hydroxylation is 1. The highest BCUT2D eigenvalue weighted by Crippen LogP contribution is 2.11. The molecule has 3 aromatic rings. The topological polar surface area (TPSA) is 3.88 Å². The molecule has 0 unspecified atom stereocenters. The maximum absolute atomic E-state index is 2.27. The molecule has 0 aliphatic rings. The molecule has 1 heteroatoms. The molecule has 3 rings (SSSR count). The van der Waals surface area contributed by atoms with Gasteiger partial charge in [0.25, 0.3) is 0 Å². The maximum Gasteiger partial charge on any atom is 0.212 e. The molecule has 0 saturated heterocycles. The lowest BCUT2D eigenvalue weighted by atomic mass is 10.1. The van der Waals surface area contributed by atoms with Gasteiger partial charge >= 0.3 is 0 Å². The van der Waals surface area contributed by atoms with E-state index in [1.165, 1.54) is 22.0 Å². The van der Waals surface area contributed by atoms with Crippen LogP contribution in [0.3, 0.4) is 0 Å². The predicted octanol–water partition coefficient (Wildman–Crippen LogP) is 4.15. The number of pyridine rings is 1. The van der Waals surface area contributed by atoms with Crippen LogP contribution in [0.15, 0.2) is 72.9 Å². The average molecular weight is 260 g/mol. The zero-order chi connectivity index (χ0) is 13.8. The zero-order valence-electron chi connectivity index (χ0n) is 11.7. The molecular weight excluding hydrogens is 242 g/mol. The number of rotatable bonds is 3. The van der Waals surface area contributed by atoms with Crippen molar-refractivity contribution in [2.75, 3.05) is 0 Å². The summed E-state index contributed by atoms with van der Waals surface area (Å²) in [5, 5.41) is 1.29. The molecule has 2 aromatic carbocycles. The van der Waals surface area contributed by atoms with Crippen LogP contribution in [-0.2, 0) is 6.54 Å². The second kappa shape index (κ2) is 5.70. The van der Waals surface area contributed by atoms with E-state index in [9.17, 15) is 0 Å². The van der Waals surface area contributed by atoms with E-state index in [1.54, 1.807) is 0 Å². The fourth-order valence-electron chi connectivity index (χ4n) is 2.43. The molecule has 0 atom stereocenters. The molecule has 0 bridgehead atoms. The van der Waals surface area contributed by atoms with Crippen LogP contribution < -0.4 is 4.57 Å². The van der Waals surface area contributed by atoms with E-state index in [0.29, 0.717) is 0 Å². The smallest absolute Gasteiger partial charge is 0.195 e. The Labute approximate surface area is 119 Å². The molecule has 0 saturated carbocycles. The second-order valence-electron chi connectivity index (χ2n) is 5.04. The molecule has 1 aromatic heterocycles. The summed E-state index contributed by atoms with van der Waals surface area (Å²) in [6.45, 7) is 3.02. The number of fused-ring (bicyclic) bond motifs is 1. The van der Waals surface area contributed by atoms with Crippen molar-refractivity contribution in [3.8, 4) is 0 Å². The second-order valence-corrected chi connectivity index (χ2v) is 5.04. The van der Waals surface area contributed by atoms with Crippen molar-refractivity contribution in [1.29, 1.82) is 0 Å². The highest BCUT2D eigenvalue weighted by molar-refractivity contribution is 5.76. The largest absolute Gasteiger partial charge is 0.212 e. The third-order valence-electron chi connectivity index (χ3n) is 3.45. The Bertz CT molecular complexity index is 742. The van der Waals surface area contributed by atoms with Crippen molar-refractivity contribution in [1.82, 2.24) is 0 Å². The van der Waals surface area contributed by atoms with Gasteiger partial charge < -0.3 is 0 Å². The Balaban J connectivity index is 1.86. The van der Waals surface area contributed by atoms with E-state index in [0.717, 1.165) is 6.54 Å². The monoisotopic (exact) mass is 260 g/mol. The van der Waals surface area contributed by atoms with Gasteiger partial charge in [0, 0.05) is 17.5 Å². The third kappa shape index (κ3) is 2.77. The lowest BCUT2D eigenvalue weighted by molar-refractivity contribution is -0.660. The van der Waals surface area contributed by atoms with Gasteiger partial charge in [0.2, 0.25) is 5.52 Å². The lowest BCUT2D eigenvalue weighted by Crippen LogP contribution is -2.32. The predicted molar refractivity (Wildman–Crippen MR) is 84.4 cm³/mol. The van der Waals surface area contributed by atoms with Gasteiger partial charge in [0.15, 0.2) is 12.7 Å². The Morgan fingerprint density at radius 2 is 1.80 bits per heavy atom. The molecule has 0 N–H and O–H groups in total. The normalized spacial score (nSPS) is 11.2. The molecule has 0 radical (unpaired) electrons. The van der Waals surface area contributed by atoms with Crippen molar-refractivity contribution >= 4 is 17.0 Å². The first-order valence-corrected chi connectivity index (χ1v) is 6.93. The summed E-state index contributed by atoms with van der Waals surface area (Å²) < 4.78 is 2.27. The summed E-state index contributed by atoms with van der Waals surface area (Å²) in [7, 11) is 0. The van der Waals surface area contributed by atoms with Crippen molar-refractivity contribution in [3.05, 3.63) is 84.1 Å². The summed E-state index contributed by atoms with van der Waals surface area (Å²) in [5.74, 6) is 0. The van der Waals surface area contributed by atoms with Gasteiger partial charge in [-0.05, 0) is 30.7 Å². The minimum Gasteiger partial charge on any atom is -0.195 e. The molecule has 1 heterocycles. The third-order valence-corrected chi connectivity index (χ3v) is 3.45. The number of allylic oxidation sites excluding steroid dienone is 1. The van der Waals surface area contributed by atoms with E-state index in [1.807, 2.05) is 6.07 Å². The first-order valence-electron chi connectivity index (χ1n) is 6.93. The standard InChI is InChI=1S/C19H18N/c1-16-11-12-19-18(15-16)10-6-14-20(19)13-5-9-17-7-3-2-4-8-17/h2-12,14-15H,13H2,1H3/q+1. The van der Waals surface area contributed by atoms with Crippen molar-refractivity contribution in [3.63, 3.8) is 0 Å². The van der Waals surface area contributed by atoms with Crippen LogP contribution in [0.1, 0.15) is 11.1 Å². The molecule has 0 spiro atoms. The number of hydrogen-bond acceptors (Lipinski definition) is 0. The molecule has 0 fully saturated rings. The summed E-state index contributed by atoms with van der Waals surface area (Å²) in [6.07, 6.45) is 6.50. The van der Waals surface area contributed by atoms with E-state index < -0.39 is 0 Å². The van der Waals surface area contributed by atoms with Gasteiger partial charge in [-0.1, -0.05) is 48.0 Å². The minimum absolute atomic E-state index is 0.884. The van der Waals surface area contributed by atoms with Gasteiger partial charge in [-0.3, -0.25) is 0 Å². The highest BCUT2D eigenvalue weighted by atomic mass is 14.9. The van der Waals surface area contributed by atoms with E-state index in [-0.39, 0.29) is 0 Å². The number of benzene rings is 2. The van der Waals surface area contributed by atoms with E-state index >= 15 is 0 Å². The highest BCUT2D eigenvalue weighted by Gasteiger charge is 2.05. The van der Waals surface area contributed by atoms with Crippen LogP contribution in [0.25, 0.3) is 17.0 Å². The summed E-state index contributed by atoms with van der Waals surface area (Å²) >= 11 is 0. The molecular formula is C19H18N+. The first kappa shape index (κ1) is 12.6. The SMILES string of the molecule is Cc1ccc2c(ccc[n+]2CC=Cc2ccccc2)c1. The summed E-state index contributed by atoms with van der Waals surface area (Å²) in [5.41, 5.74) is 3.81. The number of nitrogens with zero attached hydrogens (tertiary/aromatic N) is 1. The van der Waals surface area contributed by atoms with Crippen molar-refractivity contribution in [2.24, 2.45) is 0 Å². The molecule has 20 heavy (non-hydrogen) atoms. The van der Waals surface area contributed by atoms with Gasteiger partial charge in [-0.2, -0.15) is 4.57 Å². The zero-order valence-corrected chi connectivity index (χ0v) is 11.7. The first-order chi connectivity index (χ1) is 9.83. The fraction of sp³-hybridized carbons (Fsp3) is 0.105. The fourth-order valence-corrected chi connectivity index (χ4v) is 2.43. The van der Waals surface area contributed by atoms with Gasteiger partial charge in [-0.25, -0.2) is 0 Å². The van der Waals surface area contributed by atoms with Crippen LogP contribution in [0, 0.1) is 6.92 Å². The van der Waals surface area contributed by atoms with Crippen LogP contribution >= 0.6 is 0 Å². The van der Waals surface area contributed by atoms with Crippen LogP contribution in [0.4, 0.5) is 0 Å². The number of aromatic nitrogens is 1.